The smallest absolute Gasteiger partial charge is 0.311 e. The standard InChI is InChI=1S/C33H34ClFN2O7/c1-4-42-20-33(2,32(39)40)18-25(15-21-5-9-23(10-6-21)27-16-24(34)11-14-28(27)35)36-31(38)29-17-30(37-44-29)43-19-22-7-12-26(41-3)13-8-22/h5-14,16-17,25H,4,15,18-20H2,1-3H3,(H,36,38)(H,39,40)/t25-,33+/m1/s1. The van der Waals surface area contributed by atoms with Crippen molar-refractivity contribution >= 4 is 23.5 Å². The SMILES string of the molecule is CCOC[C@](C)(C[C@@H](Cc1ccc(-c2cc(Cl)ccc2F)cc1)NC(=O)c1cc(OCc2ccc(OC)cc2)no1)C(=O)O. The lowest BCUT2D eigenvalue weighted by Crippen LogP contribution is -2.44. The highest BCUT2D eigenvalue weighted by atomic mass is 35.5. The lowest BCUT2D eigenvalue weighted by Gasteiger charge is -2.30. The number of carbonyl (C=O) groups is 2. The van der Waals surface area contributed by atoms with E-state index >= 15 is 0 Å². The van der Waals surface area contributed by atoms with E-state index in [-0.39, 0.29) is 37.7 Å². The Hall–Kier alpha value is -4.41. The number of hydrogen-bond acceptors (Lipinski definition) is 7. The summed E-state index contributed by atoms with van der Waals surface area (Å²) in [5.74, 6) is -1.28. The molecule has 0 saturated carbocycles. The van der Waals surface area contributed by atoms with E-state index in [1.54, 1.807) is 63.4 Å². The highest BCUT2D eigenvalue weighted by molar-refractivity contribution is 6.30. The van der Waals surface area contributed by atoms with Crippen molar-refractivity contribution in [1.82, 2.24) is 10.5 Å². The summed E-state index contributed by atoms with van der Waals surface area (Å²) in [5.41, 5.74) is 1.37. The first-order valence-electron chi connectivity index (χ1n) is 14.0. The highest BCUT2D eigenvalue weighted by Crippen LogP contribution is 2.29. The zero-order valence-electron chi connectivity index (χ0n) is 24.6. The van der Waals surface area contributed by atoms with E-state index in [0.717, 1.165) is 16.9 Å². The number of ether oxygens (including phenoxy) is 3. The van der Waals surface area contributed by atoms with Crippen molar-refractivity contribution in [3.05, 3.63) is 101 Å². The van der Waals surface area contributed by atoms with Gasteiger partial charge in [0.25, 0.3) is 11.8 Å². The number of nitrogens with one attached hydrogen (secondary N) is 1. The van der Waals surface area contributed by atoms with Crippen LogP contribution >= 0.6 is 11.6 Å². The fourth-order valence-corrected chi connectivity index (χ4v) is 4.82. The van der Waals surface area contributed by atoms with Gasteiger partial charge >= 0.3 is 5.97 Å². The number of carboxylic acids is 1. The molecule has 1 aromatic heterocycles. The van der Waals surface area contributed by atoms with Crippen LogP contribution in [0.25, 0.3) is 11.1 Å². The lowest BCUT2D eigenvalue weighted by atomic mass is 9.82. The quantitative estimate of drug-likeness (QED) is 0.152. The van der Waals surface area contributed by atoms with Crippen LogP contribution in [0.4, 0.5) is 4.39 Å². The monoisotopic (exact) mass is 624 g/mol. The van der Waals surface area contributed by atoms with Crippen molar-refractivity contribution in [2.24, 2.45) is 5.41 Å². The molecule has 232 valence electrons. The van der Waals surface area contributed by atoms with Gasteiger partial charge in [-0.3, -0.25) is 9.59 Å². The molecule has 3 aromatic carbocycles. The van der Waals surface area contributed by atoms with Crippen LogP contribution in [0.2, 0.25) is 5.02 Å². The average molecular weight is 625 g/mol. The van der Waals surface area contributed by atoms with Gasteiger partial charge in [0.05, 0.1) is 25.2 Å². The molecule has 0 aliphatic rings. The fraction of sp³-hybridized carbons (Fsp3) is 0.303. The van der Waals surface area contributed by atoms with Crippen LogP contribution in [-0.2, 0) is 22.6 Å². The number of aromatic nitrogens is 1. The van der Waals surface area contributed by atoms with Crippen molar-refractivity contribution in [3.8, 4) is 22.8 Å². The summed E-state index contributed by atoms with van der Waals surface area (Å²) in [7, 11) is 1.58. The number of methoxy groups -OCH3 is 1. The van der Waals surface area contributed by atoms with E-state index in [2.05, 4.69) is 10.5 Å². The minimum Gasteiger partial charge on any atom is -0.497 e. The predicted molar refractivity (Wildman–Crippen MR) is 162 cm³/mol. The molecule has 4 aromatic rings. The van der Waals surface area contributed by atoms with Crippen LogP contribution in [0.1, 0.15) is 41.9 Å². The summed E-state index contributed by atoms with van der Waals surface area (Å²) in [6.45, 7) is 3.87. The number of amides is 1. The van der Waals surface area contributed by atoms with E-state index in [1.165, 1.54) is 18.2 Å². The van der Waals surface area contributed by atoms with Crippen LogP contribution < -0.4 is 14.8 Å². The average Bonchev–Trinajstić information content (AvgIpc) is 3.50. The number of hydrogen-bond donors (Lipinski definition) is 2. The fourth-order valence-electron chi connectivity index (χ4n) is 4.65. The first-order chi connectivity index (χ1) is 21.1. The molecule has 11 heteroatoms. The number of rotatable bonds is 15. The van der Waals surface area contributed by atoms with E-state index in [4.69, 9.17) is 30.3 Å². The number of carboxylic acid groups (broad SMARTS) is 1. The molecule has 4 rings (SSSR count). The first-order valence-corrected chi connectivity index (χ1v) is 14.4. The Morgan fingerprint density at radius 3 is 2.43 bits per heavy atom. The molecule has 0 unspecified atom stereocenters. The Kier molecular flexibility index (Phi) is 11.0. The molecule has 0 aliphatic heterocycles. The third kappa shape index (κ3) is 8.58. The molecular weight excluding hydrogens is 591 g/mol. The topological polar surface area (TPSA) is 120 Å². The first kappa shape index (κ1) is 32.5. The normalized spacial score (nSPS) is 13.1. The Morgan fingerprint density at radius 1 is 1.07 bits per heavy atom. The van der Waals surface area contributed by atoms with Crippen LogP contribution in [-0.4, -0.2) is 48.5 Å². The molecule has 1 amide bonds. The van der Waals surface area contributed by atoms with Crippen LogP contribution in [0.3, 0.4) is 0 Å². The van der Waals surface area contributed by atoms with Gasteiger partial charge < -0.3 is 29.2 Å². The zero-order valence-corrected chi connectivity index (χ0v) is 25.4. The van der Waals surface area contributed by atoms with Gasteiger partial charge in [-0.25, -0.2) is 4.39 Å². The lowest BCUT2D eigenvalue weighted by molar-refractivity contribution is -0.152. The second-order valence-corrected chi connectivity index (χ2v) is 11.0. The maximum Gasteiger partial charge on any atom is 0.311 e. The number of nitrogens with zero attached hydrogens (tertiary/aromatic N) is 1. The Balaban J connectivity index is 1.49. The van der Waals surface area contributed by atoms with Crippen LogP contribution in [0, 0.1) is 11.2 Å². The van der Waals surface area contributed by atoms with Gasteiger partial charge in [-0.1, -0.05) is 48.0 Å². The second-order valence-electron chi connectivity index (χ2n) is 10.6. The Morgan fingerprint density at radius 2 is 1.77 bits per heavy atom. The largest absolute Gasteiger partial charge is 0.497 e. The minimum absolute atomic E-state index is 0.0379. The van der Waals surface area contributed by atoms with E-state index < -0.39 is 29.2 Å². The molecule has 1 heterocycles. The summed E-state index contributed by atoms with van der Waals surface area (Å²) in [6.07, 6.45) is 0.349. The van der Waals surface area contributed by atoms with Crippen molar-refractivity contribution < 1.29 is 37.8 Å². The number of aliphatic carboxylic acids is 1. The predicted octanol–water partition coefficient (Wildman–Crippen LogP) is 6.58. The van der Waals surface area contributed by atoms with Gasteiger partial charge in [-0.15, -0.1) is 0 Å². The molecule has 2 atom stereocenters. The Labute approximate surface area is 259 Å². The Bertz CT molecular complexity index is 1560. The molecule has 0 radical (unpaired) electrons. The molecule has 0 spiro atoms. The molecule has 0 saturated heterocycles. The minimum atomic E-state index is -1.29. The maximum atomic E-state index is 14.4. The van der Waals surface area contributed by atoms with Crippen molar-refractivity contribution in [2.75, 3.05) is 20.3 Å². The van der Waals surface area contributed by atoms with Crippen LogP contribution in [0.15, 0.2) is 77.3 Å². The van der Waals surface area contributed by atoms with Gasteiger partial charge in [0.15, 0.2) is 0 Å². The molecular formula is C33H34ClFN2O7. The molecule has 9 nitrogen and oxygen atoms in total. The summed E-state index contributed by atoms with van der Waals surface area (Å²) in [4.78, 5) is 25.5. The van der Waals surface area contributed by atoms with Crippen molar-refractivity contribution in [1.29, 1.82) is 0 Å². The van der Waals surface area contributed by atoms with E-state index in [0.29, 0.717) is 22.8 Å². The second kappa shape index (κ2) is 14.9. The van der Waals surface area contributed by atoms with E-state index in [1.807, 2.05) is 12.1 Å². The van der Waals surface area contributed by atoms with Gasteiger partial charge in [-0.05, 0) is 78.9 Å². The maximum absolute atomic E-state index is 14.4. The molecule has 0 aliphatic carbocycles. The third-order valence-electron chi connectivity index (χ3n) is 7.11. The van der Waals surface area contributed by atoms with E-state index in [9.17, 15) is 19.1 Å². The van der Waals surface area contributed by atoms with Gasteiger partial charge in [0, 0.05) is 23.2 Å². The molecule has 0 bridgehead atoms. The van der Waals surface area contributed by atoms with Crippen LogP contribution in [0.5, 0.6) is 11.6 Å². The third-order valence-corrected chi connectivity index (χ3v) is 7.34. The van der Waals surface area contributed by atoms with Crippen molar-refractivity contribution in [2.45, 2.75) is 39.3 Å². The van der Waals surface area contributed by atoms with Gasteiger partial charge in [-0.2, -0.15) is 0 Å². The highest BCUT2D eigenvalue weighted by Gasteiger charge is 2.37. The number of halogens is 2. The molecule has 44 heavy (non-hydrogen) atoms. The summed E-state index contributed by atoms with van der Waals surface area (Å²) < 4.78 is 35.9. The van der Waals surface area contributed by atoms with Gasteiger partial charge in [0.2, 0.25) is 5.76 Å². The molecule has 2 N–H and O–H groups in total. The summed E-state index contributed by atoms with van der Waals surface area (Å²) >= 11 is 6.06. The number of carbonyl (C=O) groups excluding carboxylic acids is 1. The summed E-state index contributed by atoms with van der Waals surface area (Å²) in [6, 6.07) is 19.5. The summed E-state index contributed by atoms with van der Waals surface area (Å²) in [5, 5.41) is 17.2. The van der Waals surface area contributed by atoms with Crippen molar-refractivity contribution in [3.63, 3.8) is 0 Å². The molecule has 0 fully saturated rings. The van der Waals surface area contributed by atoms with Gasteiger partial charge in [0.1, 0.15) is 18.2 Å². The zero-order chi connectivity index (χ0) is 31.7. The number of benzene rings is 3.